The number of halogens is 1. The largest absolute Gasteiger partial charge is 0.480 e. The molecule has 2 rings (SSSR count). The summed E-state index contributed by atoms with van der Waals surface area (Å²) >= 11 is 5.89. The summed E-state index contributed by atoms with van der Waals surface area (Å²) in [6, 6.07) is 9.34. The fourth-order valence-electron chi connectivity index (χ4n) is 1.81. The van der Waals surface area contributed by atoms with E-state index in [1.807, 2.05) is 0 Å². The van der Waals surface area contributed by atoms with Gasteiger partial charge in [0.1, 0.15) is 17.2 Å². The molecular formula is C13H11ClN2O5. The minimum atomic E-state index is -1.03. The molecule has 0 bridgehead atoms. The van der Waals surface area contributed by atoms with Gasteiger partial charge in [-0.25, -0.2) is 0 Å². The van der Waals surface area contributed by atoms with Gasteiger partial charge in [0.25, 0.3) is 0 Å². The lowest BCUT2D eigenvalue weighted by Crippen LogP contribution is -2.28. The summed E-state index contributed by atoms with van der Waals surface area (Å²) in [4.78, 5) is 22.4. The lowest BCUT2D eigenvalue weighted by Gasteiger charge is -2.21. The quantitative estimate of drug-likeness (QED) is 0.651. The van der Waals surface area contributed by atoms with Gasteiger partial charge in [-0.05, 0) is 24.3 Å². The smallest absolute Gasteiger partial charge is 0.433 e. The fourth-order valence-corrected chi connectivity index (χ4v) is 2.00. The normalized spacial score (nSPS) is 10.3. The van der Waals surface area contributed by atoms with E-state index in [1.54, 1.807) is 24.3 Å². The Bertz CT molecular complexity index is 670. The van der Waals surface area contributed by atoms with Gasteiger partial charge in [-0.15, -0.1) is 0 Å². The van der Waals surface area contributed by atoms with Gasteiger partial charge in [0, 0.05) is 10.7 Å². The molecule has 0 saturated heterocycles. The number of furan rings is 1. The zero-order valence-corrected chi connectivity index (χ0v) is 11.5. The molecule has 0 aliphatic heterocycles. The Hall–Kier alpha value is -2.54. The first kappa shape index (κ1) is 14.9. The van der Waals surface area contributed by atoms with E-state index >= 15 is 0 Å². The molecule has 8 heteroatoms. The molecule has 0 atom stereocenters. The molecule has 0 amide bonds. The number of carboxylic acid groups (broad SMARTS) is 1. The number of hydrogen-bond acceptors (Lipinski definition) is 5. The molecule has 1 aromatic carbocycles. The lowest BCUT2D eigenvalue weighted by molar-refractivity contribution is -0.402. The van der Waals surface area contributed by atoms with E-state index in [-0.39, 0.29) is 19.0 Å². The molecule has 1 N–H and O–H groups in total. The van der Waals surface area contributed by atoms with Gasteiger partial charge in [0.2, 0.25) is 0 Å². The third kappa shape index (κ3) is 3.96. The maximum atomic E-state index is 11.0. The molecule has 0 unspecified atom stereocenters. The molecule has 0 radical (unpaired) electrons. The Labute approximate surface area is 124 Å². The van der Waals surface area contributed by atoms with E-state index in [2.05, 4.69) is 0 Å². The summed E-state index contributed by atoms with van der Waals surface area (Å²) < 4.78 is 5.04. The van der Waals surface area contributed by atoms with Crippen LogP contribution in [0, 0.1) is 10.1 Å². The second kappa shape index (κ2) is 6.27. The van der Waals surface area contributed by atoms with Gasteiger partial charge in [0.05, 0.1) is 12.6 Å². The van der Waals surface area contributed by atoms with Gasteiger partial charge in [-0.2, -0.15) is 0 Å². The van der Waals surface area contributed by atoms with Crippen LogP contribution in [0.5, 0.6) is 0 Å². The first-order valence-corrected chi connectivity index (χ1v) is 6.29. The van der Waals surface area contributed by atoms with Crippen molar-refractivity contribution in [3.05, 3.63) is 57.3 Å². The molecule has 0 fully saturated rings. The van der Waals surface area contributed by atoms with Crippen molar-refractivity contribution in [3.8, 4) is 0 Å². The molecule has 0 spiro atoms. The van der Waals surface area contributed by atoms with Crippen LogP contribution in [0.2, 0.25) is 5.02 Å². The van der Waals surface area contributed by atoms with E-state index in [0.29, 0.717) is 16.5 Å². The Morgan fingerprint density at radius 2 is 2.14 bits per heavy atom. The number of aliphatic carboxylic acids is 1. The highest BCUT2D eigenvalue weighted by Crippen LogP contribution is 2.23. The van der Waals surface area contributed by atoms with Crippen LogP contribution in [0.15, 0.2) is 40.8 Å². The molecular weight excluding hydrogens is 300 g/mol. The zero-order valence-electron chi connectivity index (χ0n) is 10.7. The number of carboxylic acids is 1. The molecule has 0 saturated carbocycles. The summed E-state index contributed by atoms with van der Waals surface area (Å²) in [7, 11) is 0. The molecule has 2 aromatic rings. The number of hydrogen-bond donors (Lipinski definition) is 1. The average Bonchev–Trinajstić information content (AvgIpc) is 2.86. The van der Waals surface area contributed by atoms with Crippen molar-refractivity contribution in [2.75, 3.05) is 11.4 Å². The number of anilines is 1. The Kier molecular flexibility index (Phi) is 4.44. The summed E-state index contributed by atoms with van der Waals surface area (Å²) in [5.41, 5.74) is 0.587. The van der Waals surface area contributed by atoms with Gasteiger partial charge in [-0.3, -0.25) is 14.9 Å². The van der Waals surface area contributed by atoms with Crippen molar-refractivity contribution in [1.29, 1.82) is 0 Å². The second-order valence-electron chi connectivity index (χ2n) is 4.23. The van der Waals surface area contributed by atoms with Crippen molar-refractivity contribution in [1.82, 2.24) is 0 Å². The Morgan fingerprint density at radius 3 is 2.71 bits per heavy atom. The summed E-state index contributed by atoms with van der Waals surface area (Å²) in [6.45, 7) is -0.199. The molecule has 1 aromatic heterocycles. The average molecular weight is 311 g/mol. The number of nitrogens with zero attached hydrogens (tertiary/aromatic N) is 2. The first-order valence-electron chi connectivity index (χ1n) is 5.91. The lowest BCUT2D eigenvalue weighted by atomic mass is 10.2. The van der Waals surface area contributed by atoms with Crippen LogP contribution in [0.1, 0.15) is 5.76 Å². The topological polar surface area (TPSA) is 96.8 Å². The second-order valence-corrected chi connectivity index (χ2v) is 4.66. The SMILES string of the molecule is O=C(O)CN(Cc1ccc([N+](=O)[O-])o1)c1cccc(Cl)c1. The molecule has 21 heavy (non-hydrogen) atoms. The minimum Gasteiger partial charge on any atom is -0.480 e. The third-order valence-electron chi connectivity index (χ3n) is 2.67. The fraction of sp³-hybridized carbons (Fsp3) is 0.154. The van der Waals surface area contributed by atoms with Crippen LogP contribution in [0.4, 0.5) is 11.6 Å². The van der Waals surface area contributed by atoms with Crippen molar-refractivity contribution < 1.29 is 19.2 Å². The summed E-state index contributed by atoms with van der Waals surface area (Å²) in [5, 5.41) is 20.0. The highest BCUT2D eigenvalue weighted by atomic mass is 35.5. The van der Waals surface area contributed by atoms with E-state index in [4.69, 9.17) is 21.1 Å². The predicted octanol–water partition coefficient (Wildman–Crippen LogP) is 2.93. The number of rotatable bonds is 6. The third-order valence-corrected chi connectivity index (χ3v) is 2.91. The van der Waals surface area contributed by atoms with E-state index in [9.17, 15) is 14.9 Å². The van der Waals surface area contributed by atoms with E-state index in [0.717, 1.165) is 0 Å². The molecule has 7 nitrogen and oxygen atoms in total. The summed E-state index contributed by atoms with van der Waals surface area (Å²) in [5.74, 6) is -1.12. The summed E-state index contributed by atoms with van der Waals surface area (Å²) in [6.07, 6.45) is 0. The van der Waals surface area contributed by atoms with Crippen LogP contribution in [-0.2, 0) is 11.3 Å². The minimum absolute atomic E-state index is 0.0838. The van der Waals surface area contributed by atoms with Gasteiger partial charge >= 0.3 is 11.9 Å². The molecule has 110 valence electrons. The van der Waals surface area contributed by atoms with Crippen LogP contribution in [0.25, 0.3) is 0 Å². The van der Waals surface area contributed by atoms with Gasteiger partial charge in [0.15, 0.2) is 0 Å². The van der Waals surface area contributed by atoms with E-state index < -0.39 is 10.9 Å². The Balaban J connectivity index is 2.23. The predicted molar refractivity (Wildman–Crippen MR) is 75.5 cm³/mol. The van der Waals surface area contributed by atoms with Crippen molar-refractivity contribution in [2.24, 2.45) is 0 Å². The van der Waals surface area contributed by atoms with Crippen LogP contribution in [0.3, 0.4) is 0 Å². The highest BCUT2D eigenvalue weighted by Gasteiger charge is 2.17. The molecule has 1 heterocycles. The van der Waals surface area contributed by atoms with E-state index in [1.165, 1.54) is 17.0 Å². The van der Waals surface area contributed by atoms with Crippen molar-refractivity contribution in [3.63, 3.8) is 0 Å². The first-order chi connectivity index (χ1) is 9.95. The monoisotopic (exact) mass is 310 g/mol. The standard InChI is InChI=1S/C13H11ClN2O5/c14-9-2-1-3-10(6-9)15(8-13(17)18)7-11-4-5-12(21-11)16(19)20/h1-6H,7-8H2,(H,17,18). The zero-order chi connectivity index (χ0) is 15.4. The highest BCUT2D eigenvalue weighted by molar-refractivity contribution is 6.30. The molecule has 0 aliphatic carbocycles. The molecule has 0 aliphatic rings. The van der Waals surface area contributed by atoms with Gasteiger partial charge in [-0.1, -0.05) is 17.7 Å². The number of nitro groups is 1. The number of benzene rings is 1. The van der Waals surface area contributed by atoms with Crippen LogP contribution in [-0.4, -0.2) is 22.5 Å². The Morgan fingerprint density at radius 1 is 1.38 bits per heavy atom. The van der Waals surface area contributed by atoms with Crippen LogP contribution < -0.4 is 4.90 Å². The van der Waals surface area contributed by atoms with Crippen LogP contribution >= 0.6 is 11.6 Å². The maximum absolute atomic E-state index is 11.0. The number of carbonyl (C=O) groups is 1. The van der Waals surface area contributed by atoms with Crippen molar-refractivity contribution >= 4 is 29.1 Å². The van der Waals surface area contributed by atoms with Crippen molar-refractivity contribution in [2.45, 2.75) is 6.54 Å². The maximum Gasteiger partial charge on any atom is 0.433 e. The van der Waals surface area contributed by atoms with Gasteiger partial charge < -0.3 is 14.4 Å².